The Morgan fingerprint density at radius 2 is 2.19 bits per heavy atom. The molecule has 2 heterocycles. The van der Waals surface area contributed by atoms with E-state index in [-0.39, 0.29) is 0 Å². The lowest BCUT2D eigenvalue weighted by atomic mass is 10.3. The van der Waals surface area contributed by atoms with Gasteiger partial charge in [0.15, 0.2) is 5.65 Å². The number of pyridine rings is 1. The molecular weight excluding hydrogens is 286 g/mol. The summed E-state index contributed by atoms with van der Waals surface area (Å²) in [6.07, 6.45) is 8.12. The number of halogens is 1. The topological polar surface area (TPSA) is 39.9 Å². The Morgan fingerprint density at radius 3 is 2.95 bits per heavy atom. The van der Waals surface area contributed by atoms with E-state index in [1.165, 1.54) is 25.7 Å². The first-order valence-corrected chi connectivity index (χ1v) is 8.30. The van der Waals surface area contributed by atoms with Gasteiger partial charge in [-0.25, -0.2) is 9.97 Å². The monoisotopic (exact) mass is 307 g/mol. The Hall–Kier alpha value is -1.13. The Bertz CT molecular complexity index is 605. The first-order chi connectivity index (χ1) is 10.3. The highest BCUT2D eigenvalue weighted by molar-refractivity contribution is 6.17. The van der Waals surface area contributed by atoms with Gasteiger partial charge in [0.1, 0.15) is 11.3 Å². The summed E-state index contributed by atoms with van der Waals surface area (Å²) in [6.45, 7) is 3.56. The van der Waals surface area contributed by atoms with Crippen molar-refractivity contribution >= 4 is 22.8 Å². The zero-order valence-corrected chi connectivity index (χ0v) is 13.3. The van der Waals surface area contributed by atoms with Crippen LogP contribution in [0.15, 0.2) is 12.3 Å². The predicted molar refractivity (Wildman–Crippen MR) is 84.9 cm³/mol. The maximum atomic E-state index is 5.97. The first kappa shape index (κ1) is 14.8. The molecule has 2 aromatic rings. The number of imidazole rings is 1. The van der Waals surface area contributed by atoms with Crippen LogP contribution in [0, 0.1) is 6.92 Å². The molecule has 0 saturated heterocycles. The van der Waals surface area contributed by atoms with E-state index in [1.54, 1.807) is 0 Å². The molecule has 0 N–H and O–H groups in total. The highest BCUT2D eigenvalue weighted by atomic mass is 35.5. The van der Waals surface area contributed by atoms with Gasteiger partial charge >= 0.3 is 0 Å². The van der Waals surface area contributed by atoms with Crippen molar-refractivity contribution in [2.24, 2.45) is 0 Å². The summed E-state index contributed by atoms with van der Waals surface area (Å²) < 4.78 is 8.13. The number of ether oxygens (including phenoxy) is 1. The lowest BCUT2D eigenvalue weighted by Gasteiger charge is -2.13. The molecule has 3 rings (SSSR count). The molecule has 5 heteroatoms. The van der Waals surface area contributed by atoms with Gasteiger partial charge in [0.2, 0.25) is 0 Å². The fraction of sp³-hybridized carbons (Fsp3) is 0.625. The zero-order valence-electron chi connectivity index (χ0n) is 12.5. The van der Waals surface area contributed by atoms with Gasteiger partial charge in [-0.3, -0.25) is 0 Å². The number of fused-ring (bicyclic) bond motifs is 1. The second kappa shape index (κ2) is 6.75. The van der Waals surface area contributed by atoms with Crippen molar-refractivity contribution in [3.05, 3.63) is 23.7 Å². The predicted octanol–water partition coefficient (Wildman–Crippen LogP) is 3.48. The third kappa shape index (κ3) is 3.38. The third-order valence-electron chi connectivity index (χ3n) is 4.09. The normalized spacial score (nSPS) is 16.1. The Kier molecular flexibility index (Phi) is 4.76. The van der Waals surface area contributed by atoms with Gasteiger partial charge in [0, 0.05) is 25.0 Å². The second-order valence-electron chi connectivity index (χ2n) is 5.75. The summed E-state index contributed by atoms with van der Waals surface area (Å²) in [4.78, 5) is 9.21. The number of aryl methyl sites for hydroxylation is 2. The third-order valence-corrected chi connectivity index (χ3v) is 4.28. The van der Waals surface area contributed by atoms with Crippen LogP contribution < -0.4 is 0 Å². The minimum Gasteiger partial charge on any atom is -0.376 e. The number of rotatable bonds is 6. The molecule has 1 fully saturated rings. The van der Waals surface area contributed by atoms with Crippen molar-refractivity contribution < 1.29 is 4.74 Å². The smallest absolute Gasteiger partial charge is 0.160 e. The molecule has 1 aliphatic carbocycles. The maximum absolute atomic E-state index is 5.97. The van der Waals surface area contributed by atoms with Crippen molar-refractivity contribution in [3.8, 4) is 0 Å². The molecule has 1 saturated carbocycles. The highest BCUT2D eigenvalue weighted by Gasteiger charge is 2.16. The van der Waals surface area contributed by atoms with E-state index in [4.69, 9.17) is 16.3 Å². The molecule has 0 amide bonds. The van der Waals surface area contributed by atoms with Crippen LogP contribution in [-0.2, 0) is 17.7 Å². The van der Waals surface area contributed by atoms with E-state index in [2.05, 4.69) is 20.6 Å². The second-order valence-corrected chi connectivity index (χ2v) is 6.13. The molecule has 21 heavy (non-hydrogen) atoms. The Morgan fingerprint density at radius 1 is 1.38 bits per heavy atom. The van der Waals surface area contributed by atoms with E-state index in [0.717, 1.165) is 42.1 Å². The van der Waals surface area contributed by atoms with E-state index in [0.29, 0.717) is 12.0 Å². The number of hydrogen-bond donors (Lipinski definition) is 0. The molecule has 4 nitrogen and oxygen atoms in total. The Balaban J connectivity index is 1.76. The van der Waals surface area contributed by atoms with Crippen LogP contribution in [0.3, 0.4) is 0 Å². The van der Waals surface area contributed by atoms with Crippen LogP contribution in [0.4, 0.5) is 0 Å². The summed E-state index contributed by atoms with van der Waals surface area (Å²) in [5.74, 6) is 1.58. The Labute approximate surface area is 130 Å². The minimum atomic E-state index is 0.450. The number of alkyl halides is 1. The fourth-order valence-corrected chi connectivity index (χ4v) is 3.20. The van der Waals surface area contributed by atoms with Gasteiger partial charge in [-0.1, -0.05) is 12.8 Å². The lowest BCUT2D eigenvalue weighted by Crippen LogP contribution is -2.15. The van der Waals surface area contributed by atoms with Gasteiger partial charge < -0.3 is 9.30 Å². The molecule has 0 aromatic carbocycles. The highest BCUT2D eigenvalue weighted by Crippen LogP contribution is 2.21. The van der Waals surface area contributed by atoms with E-state index in [1.807, 2.05) is 13.1 Å². The summed E-state index contributed by atoms with van der Waals surface area (Å²) in [6, 6.07) is 2.08. The summed E-state index contributed by atoms with van der Waals surface area (Å²) in [7, 11) is 0. The van der Waals surface area contributed by atoms with Gasteiger partial charge in [0.05, 0.1) is 12.7 Å². The van der Waals surface area contributed by atoms with Crippen LogP contribution in [0.25, 0.3) is 11.2 Å². The van der Waals surface area contributed by atoms with E-state index >= 15 is 0 Å². The van der Waals surface area contributed by atoms with Gasteiger partial charge in [-0.05, 0) is 31.4 Å². The molecular formula is C16H22ClN3O. The van der Waals surface area contributed by atoms with Crippen LogP contribution in [0.5, 0.6) is 0 Å². The first-order valence-electron chi connectivity index (χ1n) is 7.77. The van der Waals surface area contributed by atoms with Crippen LogP contribution in [-0.4, -0.2) is 33.1 Å². The number of nitrogens with zero attached hydrogens (tertiary/aromatic N) is 3. The average Bonchev–Trinajstić information content (AvgIpc) is 3.08. The van der Waals surface area contributed by atoms with Crippen LogP contribution in [0.1, 0.15) is 37.1 Å². The molecule has 0 radical (unpaired) electrons. The molecule has 1 aliphatic rings. The van der Waals surface area contributed by atoms with Crippen LogP contribution >= 0.6 is 11.6 Å². The van der Waals surface area contributed by atoms with Gasteiger partial charge in [0.25, 0.3) is 0 Å². The largest absolute Gasteiger partial charge is 0.376 e. The van der Waals surface area contributed by atoms with E-state index < -0.39 is 0 Å². The molecule has 114 valence electrons. The van der Waals surface area contributed by atoms with Crippen molar-refractivity contribution in [1.82, 2.24) is 14.5 Å². The van der Waals surface area contributed by atoms with Gasteiger partial charge in [-0.2, -0.15) is 0 Å². The number of aromatic nitrogens is 3. The summed E-state index contributed by atoms with van der Waals surface area (Å²) >= 11 is 5.90. The van der Waals surface area contributed by atoms with E-state index in [9.17, 15) is 0 Å². The summed E-state index contributed by atoms with van der Waals surface area (Å²) in [5.41, 5.74) is 3.03. The van der Waals surface area contributed by atoms with Crippen molar-refractivity contribution in [2.45, 2.75) is 51.7 Å². The van der Waals surface area contributed by atoms with Crippen molar-refractivity contribution in [1.29, 1.82) is 0 Å². The molecule has 2 aromatic heterocycles. The molecule has 0 aliphatic heterocycles. The molecule has 0 bridgehead atoms. The molecule has 0 unspecified atom stereocenters. The fourth-order valence-electron chi connectivity index (χ4n) is 3.03. The number of hydrogen-bond acceptors (Lipinski definition) is 3. The lowest BCUT2D eigenvalue weighted by molar-refractivity contribution is 0.0530. The average molecular weight is 308 g/mol. The minimum absolute atomic E-state index is 0.450. The van der Waals surface area contributed by atoms with Crippen molar-refractivity contribution in [3.63, 3.8) is 0 Å². The van der Waals surface area contributed by atoms with Crippen LogP contribution in [0.2, 0.25) is 0 Å². The van der Waals surface area contributed by atoms with Gasteiger partial charge in [-0.15, -0.1) is 11.6 Å². The standard InChI is InChI=1S/C16H22ClN3O/c1-12-10-14-16(18-11-12)20(15(19-14)6-7-17)8-9-21-13-4-2-3-5-13/h10-11,13H,2-9H2,1H3. The van der Waals surface area contributed by atoms with Crippen molar-refractivity contribution in [2.75, 3.05) is 12.5 Å². The zero-order chi connectivity index (χ0) is 14.7. The summed E-state index contributed by atoms with van der Waals surface area (Å²) in [5, 5.41) is 0. The SMILES string of the molecule is Cc1cnc2c(c1)nc(CCCl)n2CCOC1CCCC1. The maximum Gasteiger partial charge on any atom is 0.160 e. The molecule has 0 atom stereocenters. The quantitative estimate of drug-likeness (QED) is 0.767. The molecule has 0 spiro atoms.